The Morgan fingerprint density at radius 1 is 0.830 bits per heavy atom. The molecule has 9 atom stereocenters. The fourth-order valence-electron chi connectivity index (χ4n) is 10.9. The van der Waals surface area contributed by atoms with Crippen LogP contribution in [0.3, 0.4) is 0 Å². The van der Waals surface area contributed by atoms with Crippen LogP contribution in [0.25, 0.3) is 0 Å². The largest absolute Gasteiger partial charge is 0.493 e. The Bertz CT molecular complexity index is 1210. The fraction of sp³-hybridized carbons (Fsp3) is 0.816. The van der Waals surface area contributed by atoms with E-state index in [2.05, 4.69) is 34.6 Å². The van der Waals surface area contributed by atoms with Gasteiger partial charge in [0.2, 0.25) is 0 Å². The number of halogens is 6. The third kappa shape index (κ3) is 7.79. The Morgan fingerprint density at radius 3 is 2.11 bits per heavy atom. The van der Waals surface area contributed by atoms with Crippen molar-refractivity contribution >= 4 is 5.97 Å². The normalized spacial score (nSPS) is 34.7. The highest BCUT2D eigenvalue weighted by Crippen LogP contribution is 2.68. The summed E-state index contributed by atoms with van der Waals surface area (Å²) in [4.78, 5) is 12.7. The molecule has 5 rings (SSSR count). The van der Waals surface area contributed by atoms with Crippen LogP contribution >= 0.6 is 0 Å². The molecule has 0 saturated heterocycles. The third-order valence-corrected chi connectivity index (χ3v) is 13.3. The van der Waals surface area contributed by atoms with Crippen molar-refractivity contribution in [1.82, 2.24) is 0 Å². The average molecular weight is 673 g/mol. The maximum absolute atomic E-state index is 13.2. The highest BCUT2D eigenvalue weighted by molar-refractivity contribution is 5.69. The molecule has 0 N–H and O–H groups in total. The van der Waals surface area contributed by atoms with E-state index in [1.54, 1.807) is 0 Å². The van der Waals surface area contributed by atoms with Gasteiger partial charge in [-0.3, -0.25) is 4.79 Å². The first-order chi connectivity index (χ1) is 21.9. The van der Waals surface area contributed by atoms with Crippen molar-refractivity contribution < 1.29 is 40.6 Å². The molecule has 1 aromatic rings. The summed E-state index contributed by atoms with van der Waals surface area (Å²) in [6.07, 6.45) is 3.91. The van der Waals surface area contributed by atoms with Gasteiger partial charge in [-0.1, -0.05) is 53.9 Å². The molecular weight excluding hydrogens is 618 g/mol. The zero-order chi connectivity index (χ0) is 34.4. The molecule has 0 spiro atoms. The minimum Gasteiger partial charge on any atom is -0.493 e. The van der Waals surface area contributed by atoms with E-state index in [1.165, 1.54) is 51.4 Å². The van der Waals surface area contributed by atoms with E-state index < -0.39 is 35.2 Å². The monoisotopic (exact) mass is 672 g/mol. The van der Waals surface area contributed by atoms with Gasteiger partial charge in [0.25, 0.3) is 0 Å². The van der Waals surface area contributed by atoms with Crippen LogP contribution in [0.1, 0.15) is 129 Å². The number of rotatable bonds is 10. The summed E-state index contributed by atoms with van der Waals surface area (Å²) in [6.45, 7) is 11.9. The molecule has 0 radical (unpaired) electrons. The summed E-state index contributed by atoms with van der Waals surface area (Å²) in [7, 11) is 0. The smallest absolute Gasteiger partial charge is 0.416 e. The first-order valence-electron chi connectivity index (χ1n) is 18.0. The lowest BCUT2D eigenvalue weighted by Crippen LogP contribution is -2.54. The van der Waals surface area contributed by atoms with Crippen LogP contribution in [0.4, 0.5) is 26.3 Å². The van der Waals surface area contributed by atoms with E-state index in [9.17, 15) is 31.1 Å². The lowest BCUT2D eigenvalue weighted by molar-refractivity contribution is -0.163. The van der Waals surface area contributed by atoms with Gasteiger partial charge in [0.05, 0.1) is 24.2 Å². The molecular formula is C38H54F6O3. The van der Waals surface area contributed by atoms with E-state index >= 15 is 0 Å². The summed E-state index contributed by atoms with van der Waals surface area (Å²) < 4.78 is 90.0. The Hall–Kier alpha value is -1.93. The van der Waals surface area contributed by atoms with Gasteiger partial charge in [-0.2, -0.15) is 26.3 Å². The summed E-state index contributed by atoms with van der Waals surface area (Å²) in [6, 6.07) is 1.10. The molecule has 266 valence electrons. The highest BCUT2D eigenvalue weighted by atomic mass is 19.4. The van der Waals surface area contributed by atoms with Crippen molar-refractivity contribution in [2.45, 2.75) is 137 Å². The minimum atomic E-state index is -4.96. The summed E-state index contributed by atoms with van der Waals surface area (Å²) in [5.74, 6) is 4.01. The van der Waals surface area contributed by atoms with E-state index in [0.29, 0.717) is 29.4 Å². The van der Waals surface area contributed by atoms with Crippen LogP contribution in [-0.2, 0) is 21.9 Å². The van der Waals surface area contributed by atoms with Crippen LogP contribution in [0.15, 0.2) is 18.2 Å². The van der Waals surface area contributed by atoms with Crippen molar-refractivity contribution in [3.05, 3.63) is 29.3 Å². The molecule has 0 aliphatic heterocycles. The molecule has 0 heterocycles. The van der Waals surface area contributed by atoms with Gasteiger partial charge in [-0.05, 0) is 128 Å². The van der Waals surface area contributed by atoms with Crippen LogP contribution < -0.4 is 4.74 Å². The van der Waals surface area contributed by atoms with E-state index in [1.807, 2.05) is 0 Å². The SMILES string of the molecule is CC(C)CCCC(C)C1CCC2C3CCC4CC(OC(=O)CCOc5cc(C(F)(F)F)cc(C(F)(F)F)c5)CCC4(C)C3CCC12C. The number of ether oxygens (including phenoxy) is 2. The molecule has 9 heteroatoms. The number of hydrogen-bond acceptors (Lipinski definition) is 3. The second-order valence-corrected chi connectivity index (χ2v) is 16.4. The zero-order valence-electron chi connectivity index (χ0n) is 28.7. The lowest BCUT2D eigenvalue weighted by atomic mass is 9.44. The molecule has 47 heavy (non-hydrogen) atoms. The molecule has 0 bridgehead atoms. The molecule has 4 aliphatic carbocycles. The molecule has 4 saturated carbocycles. The molecule has 0 amide bonds. The van der Waals surface area contributed by atoms with Crippen molar-refractivity contribution in [3.8, 4) is 5.75 Å². The molecule has 3 nitrogen and oxygen atoms in total. The van der Waals surface area contributed by atoms with Gasteiger partial charge >= 0.3 is 18.3 Å². The topological polar surface area (TPSA) is 35.5 Å². The number of carbonyl (C=O) groups is 1. The molecule has 9 unspecified atom stereocenters. The van der Waals surface area contributed by atoms with Crippen LogP contribution in [0.5, 0.6) is 5.75 Å². The quantitative estimate of drug-likeness (QED) is 0.183. The summed E-state index contributed by atoms with van der Waals surface area (Å²) in [5.41, 5.74) is -2.23. The zero-order valence-corrected chi connectivity index (χ0v) is 28.7. The van der Waals surface area contributed by atoms with E-state index in [4.69, 9.17) is 9.47 Å². The van der Waals surface area contributed by atoms with Gasteiger partial charge in [0.15, 0.2) is 0 Å². The van der Waals surface area contributed by atoms with Gasteiger partial charge in [0.1, 0.15) is 11.9 Å². The van der Waals surface area contributed by atoms with Gasteiger partial charge in [-0.15, -0.1) is 0 Å². The average Bonchev–Trinajstić information content (AvgIpc) is 3.33. The number of hydrogen-bond donors (Lipinski definition) is 0. The van der Waals surface area contributed by atoms with Crippen LogP contribution in [0.2, 0.25) is 0 Å². The molecule has 4 aliphatic rings. The van der Waals surface area contributed by atoms with Crippen molar-refractivity contribution in [3.63, 3.8) is 0 Å². The Labute approximate surface area is 276 Å². The second-order valence-electron chi connectivity index (χ2n) is 16.4. The maximum atomic E-state index is 13.2. The van der Waals surface area contributed by atoms with Crippen molar-refractivity contribution in [2.75, 3.05) is 6.61 Å². The van der Waals surface area contributed by atoms with Crippen LogP contribution in [-0.4, -0.2) is 18.7 Å². The van der Waals surface area contributed by atoms with E-state index in [-0.39, 0.29) is 30.6 Å². The molecule has 4 fully saturated rings. The van der Waals surface area contributed by atoms with Crippen molar-refractivity contribution in [2.24, 2.45) is 52.3 Å². The standard InChI is InChI=1S/C38H54F6O3/c1-23(2)7-6-8-24(3)31-11-12-32-30-10-9-25-20-28(13-16-35(25,4)33(30)14-17-36(31,32)5)47-34(45)15-18-46-29-21-26(37(39,40)41)19-27(22-29)38(42,43)44/h19,21-25,28,30-33H,6-18,20H2,1-5H3. The second kappa shape index (κ2) is 13.8. The summed E-state index contributed by atoms with van der Waals surface area (Å²) >= 11 is 0. The first kappa shape index (κ1) is 36.4. The predicted octanol–water partition coefficient (Wildman–Crippen LogP) is 11.5. The number of esters is 1. The number of carbonyl (C=O) groups excluding carboxylic acids is 1. The fourth-order valence-corrected chi connectivity index (χ4v) is 10.9. The van der Waals surface area contributed by atoms with Gasteiger partial charge in [0, 0.05) is 0 Å². The highest BCUT2D eigenvalue weighted by Gasteiger charge is 2.60. The Kier molecular flexibility index (Phi) is 10.6. The maximum Gasteiger partial charge on any atom is 0.416 e. The van der Waals surface area contributed by atoms with Gasteiger partial charge < -0.3 is 9.47 Å². The van der Waals surface area contributed by atoms with Crippen molar-refractivity contribution in [1.29, 1.82) is 0 Å². The number of benzene rings is 1. The third-order valence-electron chi connectivity index (χ3n) is 13.3. The summed E-state index contributed by atoms with van der Waals surface area (Å²) in [5, 5.41) is 0. The Morgan fingerprint density at radius 2 is 1.47 bits per heavy atom. The lowest BCUT2D eigenvalue weighted by Gasteiger charge is -2.61. The van der Waals surface area contributed by atoms with Gasteiger partial charge in [-0.25, -0.2) is 0 Å². The number of fused-ring (bicyclic) bond motifs is 5. The first-order valence-corrected chi connectivity index (χ1v) is 18.0. The minimum absolute atomic E-state index is 0.0538. The molecule has 1 aromatic carbocycles. The number of alkyl halides is 6. The predicted molar refractivity (Wildman–Crippen MR) is 170 cm³/mol. The molecule has 0 aromatic heterocycles. The van der Waals surface area contributed by atoms with E-state index in [0.717, 1.165) is 55.3 Å². The van der Waals surface area contributed by atoms with Crippen LogP contribution in [0, 0.1) is 52.3 Å². The Balaban J connectivity index is 1.13.